The molecule has 0 bridgehead atoms. The molecule has 1 unspecified atom stereocenters. The molecule has 0 saturated carbocycles. The van der Waals surface area contributed by atoms with Gasteiger partial charge in [-0.2, -0.15) is 13.2 Å². The SMILES string of the molecule is O=C(Nc1ccc(Cl)cc1C(F)(F)F)C1CCc2ncsc2C1. The summed E-state index contributed by atoms with van der Waals surface area (Å²) in [6.45, 7) is 0. The van der Waals surface area contributed by atoms with Crippen LogP contribution in [0.2, 0.25) is 5.02 Å². The van der Waals surface area contributed by atoms with Gasteiger partial charge in [0.2, 0.25) is 5.91 Å². The number of fused-ring (bicyclic) bond motifs is 1. The fourth-order valence-corrected chi connectivity index (χ4v) is 3.69. The first-order chi connectivity index (χ1) is 10.8. The van der Waals surface area contributed by atoms with E-state index in [-0.39, 0.29) is 16.6 Å². The zero-order chi connectivity index (χ0) is 16.6. The molecule has 1 atom stereocenters. The molecule has 2 aromatic rings. The summed E-state index contributed by atoms with van der Waals surface area (Å²) in [6.07, 6.45) is -2.81. The molecule has 0 fully saturated rings. The Morgan fingerprint density at radius 2 is 2.17 bits per heavy atom. The van der Waals surface area contributed by atoms with Crippen LogP contribution in [0.1, 0.15) is 22.6 Å². The molecule has 0 aliphatic heterocycles. The van der Waals surface area contributed by atoms with Crippen molar-refractivity contribution in [3.63, 3.8) is 0 Å². The zero-order valence-electron chi connectivity index (χ0n) is 11.8. The van der Waals surface area contributed by atoms with E-state index in [1.54, 1.807) is 5.51 Å². The molecule has 1 aromatic heterocycles. The van der Waals surface area contributed by atoms with Crippen molar-refractivity contribution in [2.45, 2.75) is 25.4 Å². The van der Waals surface area contributed by atoms with Crippen molar-refractivity contribution in [3.8, 4) is 0 Å². The van der Waals surface area contributed by atoms with Gasteiger partial charge < -0.3 is 5.32 Å². The van der Waals surface area contributed by atoms with Crippen LogP contribution in [0, 0.1) is 5.92 Å². The number of aromatic nitrogens is 1. The molecular formula is C15H12ClF3N2OS. The molecule has 23 heavy (non-hydrogen) atoms. The lowest BCUT2D eigenvalue weighted by molar-refractivity contribution is -0.137. The molecule has 1 N–H and O–H groups in total. The fourth-order valence-electron chi connectivity index (χ4n) is 2.62. The van der Waals surface area contributed by atoms with E-state index in [0.29, 0.717) is 19.3 Å². The highest BCUT2D eigenvalue weighted by Gasteiger charge is 2.35. The van der Waals surface area contributed by atoms with E-state index in [0.717, 1.165) is 16.6 Å². The number of alkyl halides is 3. The molecule has 1 aliphatic rings. The molecule has 1 aliphatic carbocycles. The number of nitrogens with one attached hydrogen (secondary N) is 1. The third kappa shape index (κ3) is 3.50. The van der Waals surface area contributed by atoms with Crippen LogP contribution in [0.15, 0.2) is 23.7 Å². The van der Waals surface area contributed by atoms with E-state index in [1.165, 1.54) is 23.5 Å². The van der Waals surface area contributed by atoms with Crippen LogP contribution in [0.4, 0.5) is 18.9 Å². The van der Waals surface area contributed by atoms with Crippen LogP contribution in [-0.4, -0.2) is 10.9 Å². The average molecular weight is 361 g/mol. The van der Waals surface area contributed by atoms with E-state index in [4.69, 9.17) is 11.6 Å². The first kappa shape index (κ1) is 16.3. The Labute approximate surface area is 139 Å². The molecule has 1 amide bonds. The van der Waals surface area contributed by atoms with Gasteiger partial charge in [-0.15, -0.1) is 11.3 Å². The highest BCUT2D eigenvalue weighted by atomic mass is 35.5. The first-order valence-electron chi connectivity index (χ1n) is 6.93. The minimum Gasteiger partial charge on any atom is -0.325 e. The lowest BCUT2D eigenvalue weighted by Gasteiger charge is -2.22. The Hall–Kier alpha value is -1.60. The molecule has 8 heteroatoms. The topological polar surface area (TPSA) is 42.0 Å². The number of hydrogen-bond donors (Lipinski definition) is 1. The molecule has 0 radical (unpaired) electrons. The summed E-state index contributed by atoms with van der Waals surface area (Å²) in [6, 6.07) is 3.33. The quantitative estimate of drug-likeness (QED) is 0.853. The molecule has 0 saturated heterocycles. The maximum atomic E-state index is 13.1. The predicted octanol–water partition coefficient (Wildman–Crippen LogP) is 4.56. The van der Waals surface area contributed by atoms with Gasteiger partial charge in [-0.25, -0.2) is 4.98 Å². The van der Waals surface area contributed by atoms with Crippen molar-refractivity contribution in [2.75, 3.05) is 5.32 Å². The Kier molecular flexibility index (Phi) is 4.33. The summed E-state index contributed by atoms with van der Waals surface area (Å²) in [7, 11) is 0. The van der Waals surface area contributed by atoms with Crippen molar-refractivity contribution in [1.29, 1.82) is 0 Å². The van der Waals surface area contributed by atoms with Crippen LogP contribution in [0.3, 0.4) is 0 Å². The molecular weight excluding hydrogens is 349 g/mol. The lowest BCUT2D eigenvalue weighted by Crippen LogP contribution is -2.28. The largest absolute Gasteiger partial charge is 0.418 e. The van der Waals surface area contributed by atoms with Gasteiger partial charge in [0, 0.05) is 15.8 Å². The molecule has 1 aromatic carbocycles. The van der Waals surface area contributed by atoms with Crippen LogP contribution < -0.4 is 5.32 Å². The van der Waals surface area contributed by atoms with Gasteiger partial charge in [-0.3, -0.25) is 4.79 Å². The molecule has 1 heterocycles. The van der Waals surface area contributed by atoms with Crippen LogP contribution >= 0.6 is 22.9 Å². The number of benzene rings is 1. The molecule has 3 rings (SSSR count). The third-order valence-electron chi connectivity index (χ3n) is 3.80. The maximum absolute atomic E-state index is 13.1. The normalized spacial score (nSPS) is 17.7. The smallest absolute Gasteiger partial charge is 0.325 e. The maximum Gasteiger partial charge on any atom is 0.418 e. The van der Waals surface area contributed by atoms with Crippen molar-refractivity contribution in [3.05, 3.63) is 44.9 Å². The van der Waals surface area contributed by atoms with Crippen molar-refractivity contribution in [1.82, 2.24) is 4.98 Å². The monoisotopic (exact) mass is 360 g/mol. The second-order valence-electron chi connectivity index (χ2n) is 5.34. The van der Waals surface area contributed by atoms with Gasteiger partial charge in [-0.05, 0) is 37.5 Å². The number of carbonyl (C=O) groups excluding carboxylic acids is 1. The molecule has 3 nitrogen and oxygen atoms in total. The lowest BCUT2D eigenvalue weighted by atomic mass is 9.90. The minimum atomic E-state index is -4.58. The number of hydrogen-bond acceptors (Lipinski definition) is 3. The van der Waals surface area contributed by atoms with E-state index in [1.807, 2.05) is 0 Å². The Morgan fingerprint density at radius 3 is 2.91 bits per heavy atom. The van der Waals surface area contributed by atoms with Gasteiger partial charge in [-0.1, -0.05) is 11.6 Å². The number of anilines is 1. The van der Waals surface area contributed by atoms with Crippen molar-refractivity contribution in [2.24, 2.45) is 5.92 Å². The van der Waals surface area contributed by atoms with Gasteiger partial charge in [0.25, 0.3) is 0 Å². The number of halogens is 4. The highest BCUT2D eigenvalue weighted by molar-refractivity contribution is 7.09. The van der Waals surface area contributed by atoms with Crippen LogP contribution in [-0.2, 0) is 23.8 Å². The van der Waals surface area contributed by atoms with E-state index < -0.39 is 17.6 Å². The van der Waals surface area contributed by atoms with Gasteiger partial charge >= 0.3 is 6.18 Å². The predicted molar refractivity (Wildman–Crippen MR) is 82.7 cm³/mol. The average Bonchev–Trinajstić information content (AvgIpc) is 2.95. The van der Waals surface area contributed by atoms with Crippen molar-refractivity contribution >= 4 is 34.5 Å². The van der Waals surface area contributed by atoms with Gasteiger partial charge in [0.1, 0.15) is 0 Å². The fraction of sp³-hybridized carbons (Fsp3) is 0.333. The van der Waals surface area contributed by atoms with E-state index >= 15 is 0 Å². The molecule has 0 spiro atoms. The standard InChI is InChI=1S/C15H12ClF3N2OS/c16-9-2-4-11(10(6-9)15(17,18)19)21-14(22)8-1-3-12-13(5-8)23-7-20-12/h2,4,6-8H,1,3,5H2,(H,21,22). The zero-order valence-corrected chi connectivity index (χ0v) is 13.4. The summed E-state index contributed by atoms with van der Waals surface area (Å²) in [5.74, 6) is -0.753. The summed E-state index contributed by atoms with van der Waals surface area (Å²) < 4.78 is 39.2. The Bertz CT molecular complexity index is 745. The molecule has 122 valence electrons. The number of aryl methyl sites for hydroxylation is 1. The van der Waals surface area contributed by atoms with E-state index in [2.05, 4.69) is 10.3 Å². The van der Waals surface area contributed by atoms with Gasteiger partial charge in [0.15, 0.2) is 0 Å². The Balaban J connectivity index is 1.79. The first-order valence-corrected chi connectivity index (χ1v) is 8.19. The van der Waals surface area contributed by atoms with E-state index in [9.17, 15) is 18.0 Å². The summed E-state index contributed by atoms with van der Waals surface area (Å²) >= 11 is 7.11. The number of nitrogens with zero attached hydrogens (tertiary/aromatic N) is 1. The van der Waals surface area contributed by atoms with Crippen LogP contribution in [0.25, 0.3) is 0 Å². The number of carbonyl (C=O) groups is 1. The number of amides is 1. The third-order valence-corrected chi connectivity index (χ3v) is 4.94. The second-order valence-corrected chi connectivity index (χ2v) is 6.71. The highest BCUT2D eigenvalue weighted by Crippen LogP contribution is 2.37. The van der Waals surface area contributed by atoms with Crippen molar-refractivity contribution < 1.29 is 18.0 Å². The Morgan fingerprint density at radius 1 is 1.39 bits per heavy atom. The second kappa shape index (κ2) is 6.13. The minimum absolute atomic E-state index is 0.0257. The number of thiazole rings is 1. The number of rotatable bonds is 2. The summed E-state index contributed by atoms with van der Waals surface area (Å²) in [5.41, 5.74) is 1.52. The summed E-state index contributed by atoms with van der Waals surface area (Å²) in [4.78, 5) is 17.6. The summed E-state index contributed by atoms with van der Waals surface area (Å²) in [5, 5.41) is 2.38. The van der Waals surface area contributed by atoms with Gasteiger partial charge in [0.05, 0.1) is 22.5 Å². The van der Waals surface area contributed by atoms with Crippen LogP contribution in [0.5, 0.6) is 0 Å².